The summed E-state index contributed by atoms with van der Waals surface area (Å²) < 4.78 is 5.48. The van der Waals surface area contributed by atoms with Gasteiger partial charge in [-0.05, 0) is 25.7 Å². The summed E-state index contributed by atoms with van der Waals surface area (Å²) >= 11 is 0. The molecule has 11 heavy (non-hydrogen) atoms. The van der Waals surface area contributed by atoms with Crippen LogP contribution in [0.3, 0.4) is 0 Å². The molecule has 1 aliphatic heterocycles. The molecule has 1 N–H and O–H groups in total. The zero-order valence-electron chi connectivity index (χ0n) is 7.79. The van der Waals surface area contributed by atoms with Gasteiger partial charge in [-0.1, -0.05) is 13.8 Å². The van der Waals surface area contributed by atoms with Gasteiger partial charge in [0.2, 0.25) is 0 Å². The first-order valence-corrected chi connectivity index (χ1v) is 4.27. The molecule has 0 aromatic rings. The highest BCUT2D eigenvalue weighted by Gasteiger charge is 2.39. The van der Waals surface area contributed by atoms with E-state index in [-0.39, 0.29) is 23.7 Å². The van der Waals surface area contributed by atoms with E-state index in [0.29, 0.717) is 0 Å². The second-order valence-corrected chi connectivity index (χ2v) is 4.29. The van der Waals surface area contributed by atoms with E-state index in [1.807, 2.05) is 6.92 Å². The van der Waals surface area contributed by atoms with Crippen LogP contribution in [0.4, 0.5) is 0 Å². The molecule has 0 amide bonds. The summed E-state index contributed by atoms with van der Waals surface area (Å²) in [7, 11) is 0. The van der Waals surface area contributed by atoms with Gasteiger partial charge < -0.3 is 9.84 Å². The van der Waals surface area contributed by atoms with Gasteiger partial charge >= 0.3 is 0 Å². The highest BCUT2D eigenvalue weighted by molar-refractivity contribution is 4.88. The Morgan fingerprint density at radius 1 is 1.36 bits per heavy atom. The molecule has 1 aliphatic rings. The van der Waals surface area contributed by atoms with Crippen molar-refractivity contribution in [2.75, 3.05) is 0 Å². The average Bonchev–Trinajstić information content (AvgIpc) is 1.81. The van der Waals surface area contributed by atoms with Gasteiger partial charge in [0.05, 0.1) is 18.3 Å². The van der Waals surface area contributed by atoms with Crippen molar-refractivity contribution in [3.05, 3.63) is 0 Å². The van der Waals surface area contributed by atoms with Crippen LogP contribution in [0.5, 0.6) is 0 Å². The molecule has 1 saturated heterocycles. The summed E-state index contributed by atoms with van der Waals surface area (Å²) in [5, 5.41) is 9.70. The van der Waals surface area contributed by atoms with E-state index in [1.165, 1.54) is 0 Å². The summed E-state index contributed by atoms with van der Waals surface area (Å²) in [5.41, 5.74) is 0.0110. The van der Waals surface area contributed by atoms with E-state index in [0.717, 1.165) is 6.42 Å². The van der Waals surface area contributed by atoms with E-state index in [1.54, 1.807) is 0 Å². The summed E-state index contributed by atoms with van der Waals surface area (Å²) in [6.45, 7) is 8.17. The molecular weight excluding hydrogens is 140 g/mol. The van der Waals surface area contributed by atoms with Gasteiger partial charge in [-0.25, -0.2) is 0 Å². The van der Waals surface area contributed by atoms with Gasteiger partial charge in [0.1, 0.15) is 0 Å². The quantitative estimate of drug-likeness (QED) is 0.580. The Morgan fingerprint density at radius 2 is 1.91 bits per heavy atom. The third-order valence-corrected chi connectivity index (χ3v) is 2.51. The highest BCUT2D eigenvalue weighted by Crippen LogP contribution is 2.35. The van der Waals surface area contributed by atoms with Gasteiger partial charge in [0, 0.05) is 0 Å². The summed E-state index contributed by atoms with van der Waals surface area (Å²) in [4.78, 5) is 0. The topological polar surface area (TPSA) is 29.5 Å². The van der Waals surface area contributed by atoms with E-state index in [2.05, 4.69) is 20.8 Å². The molecule has 0 spiro atoms. The SMILES string of the molecule is CC1O[C@@H](C)CC(C)(C)[C@H]1O. The van der Waals surface area contributed by atoms with E-state index < -0.39 is 0 Å². The van der Waals surface area contributed by atoms with Crippen LogP contribution in [0.1, 0.15) is 34.1 Å². The van der Waals surface area contributed by atoms with Gasteiger partial charge in [-0.15, -0.1) is 0 Å². The highest BCUT2D eigenvalue weighted by atomic mass is 16.5. The molecule has 1 unspecified atom stereocenters. The number of hydrogen-bond donors (Lipinski definition) is 1. The van der Waals surface area contributed by atoms with Crippen molar-refractivity contribution >= 4 is 0 Å². The van der Waals surface area contributed by atoms with Crippen LogP contribution in [-0.2, 0) is 4.74 Å². The van der Waals surface area contributed by atoms with Crippen molar-refractivity contribution in [3.63, 3.8) is 0 Å². The van der Waals surface area contributed by atoms with E-state index >= 15 is 0 Å². The molecule has 66 valence electrons. The van der Waals surface area contributed by atoms with Crippen molar-refractivity contribution in [1.29, 1.82) is 0 Å². The largest absolute Gasteiger partial charge is 0.390 e. The molecule has 3 atom stereocenters. The fraction of sp³-hybridized carbons (Fsp3) is 1.00. The maximum Gasteiger partial charge on any atom is 0.0850 e. The number of rotatable bonds is 0. The van der Waals surface area contributed by atoms with Gasteiger partial charge in [0.15, 0.2) is 0 Å². The van der Waals surface area contributed by atoms with E-state index in [9.17, 15) is 5.11 Å². The smallest absolute Gasteiger partial charge is 0.0850 e. The Balaban J connectivity index is 2.67. The predicted molar refractivity (Wildman–Crippen MR) is 44.4 cm³/mol. The zero-order chi connectivity index (χ0) is 8.65. The Morgan fingerprint density at radius 3 is 2.36 bits per heavy atom. The fourth-order valence-corrected chi connectivity index (χ4v) is 1.99. The third-order valence-electron chi connectivity index (χ3n) is 2.51. The second kappa shape index (κ2) is 2.76. The lowest BCUT2D eigenvalue weighted by Gasteiger charge is -2.42. The van der Waals surface area contributed by atoms with E-state index in [4.69, 9.17) is 4.74 Å². The van der Waals surface area contributed by atoms with Crippen LogP contribution in [0.2, 0.25) is 0 Å². The van der Waals surface area contributed by atoms with Gasteiger partial charge in [-0.3, -0.25) is 0 Å². The number of aliphatic hydroxyl groups excluding tert-OH is 1. The minimum Gasteiger partial charge on any atom is -0.390 e. The van der Waals surface area contributed by atoms with Crippen LogP contribution in [0.25, 0.3) is 0 Å². The van der Waals surface area contributed by atoms with Crippen LogP contribution in [-0.4, -0.2) is 23.4 Å². The van der Waals surface area contributed by atoms with Crippen molar-refractivity contribution in [1.82, 2.24) is 0 Å². The molecule has 0 aromatic carbocycles. The Hall–Kier alpha value is -0.0800. The number of aliphatic hydroxyl groups is 1. The van der Waals surface area contributed by atoms with Crippen LogP contribution in [0, 0.1) is 5.41 Å². The molecule has 1 fully saturated rings. The summed E-state index contributed by atoms with van der Waals surface area (Å²) in [6.07, 6.45) is 0.884. The fourth-order valence-electron chi connectivity index (χ4n) is 1.99. The zero-order valence-corrected chi connectivity index (χ0v) is 7.79. The van der Waals surface area contributed by atoms with Gasteiger partial charge in [0.25, 0.3) is 0 Å². The monoisotopic (exact) mass is 158 g/mol. The molecular formula is C9H18O2. The maximum absolute atomic E-state index is 9.70. The first-order valence-electron chi connectivity index (χ1n) is 4.27. The maximum atomic E-state index is 9.70. The van der Waals surface area contributed by atoms with Crippen molar-refractivity contribution in [2.24, 2.45) is 5.41 Å². The standard InChI is InChI=1S/C9H18O2/c1-6-5-9(3,4)8(10)7(2)11-6/h6-8,10H,5H2,1-4H3/t6-,7?,8-/m0/s1. The number of hydrogen-bond acceptors (Lipinski definition) is 2. The molecule has 0 saturated carbocycles. The lowest BCUT2D eigenvalue weighted by molar-refractivity contribution is -0.159. The normalized spacial score (nSPS) is 43.9. The van der Waals surface area contributed by atoms with Crippen LogP contribution >= 0.6 is 0 Å². The lowest BCUT2D eigenvalue weighted by atomic mass is 9.77. The van der Waals surface area contributed by atoms with Crippen molar-refractivity contribution < 1.29 is 9.84 Å². The Bertz CT molecular complexity index is 142. The molecule has 2 nitrogen and oxygen atoms in total. The average molecular weight is 158 g/mol. The second-order valence-electron chi connectivity index (χ2n) is 4.29. The molecule has 0 aliphatic carbocycles. The molecule has 2 heteroatoms. The van der Waals surface area contributed by atoms with Gasteiger partial charge in [-0.2, -0.15) is 0 Å². The number of ether oxygens (including phenoxy) is 1. The first kappa shape index (κ1) is 9.01. The minimum absolute atomic E-state index is 0.0110. The molecule has 1 heterocycles. The molecule has 0 bridgehead atoms. The summed E-state index contributed by atoms with van der Waals surface area (Å²) in [5.74, 6) is 0. The molecule has 0 aromatic heterocycles. The molecule has 0 radical (unpaired) electrons. The lowest BCUT2D eigenvalue weighted by Crippen LogP contribution is -2.47. The molecule has 1 rings (SSSR count). The first-order chi connectivity index (χ1) is 4.93. The van der Waals surface area contributed by atoms with Crippen LogP contribution in [0.15, 0.2) is 0 Å². The Labute approximate surface area is 68.6 Å². The summed E-state index contributed by atoms with van der Waals surface area (Å²) in [6, 6.07) is 0. The minimum atomic E-state index is -0.321. The van der Waals surface area contributed by atoms with Crippen LogP contribution < -0.4 is 0 Å². The predicted octanol–water partition coefficient (Wildman–Crippen LogP) is 1.57. The van der Waals surface area contributed by atoms with Crippen molar-refractivity contribution in [3.8, 4) is 0 Å². The van der Waals surface area contributed by atoms with Crippen molar-refractivity contribution in [2.45, 2.75) is 52.4 Å². The third kappa shape index (κ3) is 1.74. The Kier molecular flexibility index (Phi) is 2.26.